The average molecular weight is 442 g/mol. The molecule has 0 aliphatic carbocycles. The number of hydrogen-bond donors (Lipinski definition) is 0. The van der Waals surface area contributed by atoms with Gasteiger partial charge in [-0.15, -0.1) is 0 Å². The van der Waals surface area contributed by atoms with E-state index in [1.54, 1.807) is 0 Å². The first-order valence-electron chi connectivity index (χ1n) is 14.9. The van der Waals surface area contributed by atoms with Crippen molar-refractivity contribution < 1.29 is 0 Å². The van der Waals surface area contributed by atoms with E-state index in [-0.39, 0.29) is 0 Å². The van der Waals surface area contributed by atoms with Crippen molar-refractivity contribution in [3.05, 3.63) is 35.4 Å². The number of benzene rings is 1. The summed E-state index contributed by atoms with van der Waals surface area (Å²) in [6, 6.07) is 10.6. The van der Waals surface area contributed by atoms with Crippen LogP contribution in [0.2, 0.25) is 0 Å². The van der Waals surface area contributed by atoms with Gasteiger partial charge in [-0.3, -0.25) is 0 Å². The monoisotopic (exact) mass is 441 g/mol. The van der Waals surface area contributed by atoms with Crippen LogP contribution in [0.3, 0.4) is 0 Å². The average Bonchev–Trinajstić information content (AvgIpc) is 2.81. The summed E-state index contributed by atoms with van der Waals surface area (Å²) in [5, 5.41) is 0. The fourth-order valence-electron chi connectivity index (χ4n) is 4.82. The van der Waals surface area contributed by atoms with Crippen molar-refractivity contribution >= 4 is 0 Å². The fourth-order valence-corrected chi connectivity index (χ4v) is 4.82. The Morgan fingerprint density at radius 1 is 0.406 bits per heavy atom. The van der Waals surface area contributed by atoms with Gasteiger partial charge in [-0.05, 0) is 42.9 Å². The highest BCUT2D eigenvalue weighted by Crippen LogP contribution is 2.16. The van der Waals surface area contributed by atoms with Gasteiger partial charge in [0.15, 0.2) is 0 Å². The van der Waals surface area contributed by atoms with E-state index in [1.807, 2.05) is 0 Å². The van der Waals surface area contributed by atoms with Crippen LogP contribution in [0, 0.1) is 6.07 Å². The second-order valence-corrected chi connectivity index (χ2v) is 10.3. The molecule has 0 saturated heterocycles. The lowest BCUT2D eigenvalue weighted by molar-refractivity contribution is 0.548. The van der Waals surface area contributed by atoms with Gasteiger partial charge in [-0.1, -0.05) is 160 Å². The zero-order chi connectivity index (χ0) is 23.0. The molecule has 0 amide bonds. The van der Waals surface area contributed by atoms with E-state index in [0.717, 1.165) is 0 Å². The van der Waals surface area contributed by atoms with Crippen LogP contribution in [0.4, 0.5) is 0 Å². The molecule has 0 aromatic heterocycles. The minimum atomic E-state index is 1.23. The van der Waals surface area contributed by atoms with Crippen molar-refractivity contribution in [2.45, 2.75) is 168 Å². The molecular formula is C32H57. The predicted octanol–water partition coefficient (Wildman–Crippen LogP) is 11.2. The molecule has 0 fully saturated rings. The molecule has 0 aliphatic heterocycles. The van der Waals surface area contributed by atoms with Crippen LogP contribution in [0.15, 0.2) is 18.2 Å². The molecular weight excluding hydrogens is 384 g/mol. The molecule has 0 atom stereocenters. The summed E-state index contributed by atoms with van der Waals surface area (Å²) in [6.07, 6.45) is 33.8. The van der Waals surface area contributed by atoms with Crippen molar-refractivity contribution in [1.82, 2.24) is 0 Å². The quantitative estimate of drug-likeness (QED) is 0.140. The van der Waals surface area contributed by atoms with E-state index in [4.69, 9.17) is 0 Å². The molecule has 32 heavy (non-hydrogen) atoms. The first-order chi connectivity index (χ1) is 15.9. The van der Waals surface area contributed by atoms with Crippen LogP contribution in [0.5, 0.6) is 0 Å². The van der Waals surface area contributed by atoms with Gasteiger partial charge < -0.3 is 0 Å². The van der Waals surface area contributed by atoms with Gasteiger partial charge in [-0.2, -0.15) is 0 Å². The molecule has 1 rings (SSSR count). The normalized spacial score (nSPS) is 11.3. The van der Waals surface area contributed by atoms with Crippen LogP contribution < -0.4 is 0 Å². The third-order valence-corrected chi connectivity index (χ3v) is 7.02. The summed E-state index contributed by atoms with van der Waals surface area (Å²) in [7, 11) is 0. The van der Waals surface area contributed by atoms with Crippen LogP contribution in [-0.4, -0.2) is 0 Å². The van der Waals surface area contributed by atoms with Gasteiger partial charge in [0.05, 0.1) is 0 Å². The Bertz CT molecular complexity index is 447. The first-order valence-corrected chi connectivity index (χ1v) is 14.9. The predicted molar refractivity (Wildman–Crippen MR) is 146 cm³/mol. The van der Waals surface area contributed by atoms with Crippen LogP contribution in [-0.2, 0) is 12.8 Å². The Hall–Kier alpha value is -0.780. The zero-order valence-electron chi connectivity index (χ0n) is 22.2. The number of aryl methyl sites for hydroxylation is 2. The molecule has 185 valence electrons. The largest absolute Gasteiger partial charge is 0.0654 e. The number of unbranched alkanes of at least 4 members (excludes halogenated alkanes) is 20. The Labute approximate surface area is 203 Å². The zero-order valence-corrected chi connectivity index (χ0v) is 22.2. The third-order valence-electron chi connectivity index (χ3n) is 7.02. The molecule has 0 bridgehead atoms. The summed E-state index contributed by atoms with van der Waals surface area (Å²) in [6.45, 7) is 4.60. The maximum Gasteiger partial charge on any atom is -0.0114 e. The van der Waals surface area contributed by atoms with E-state index in [9.17, 15) is 0 Å². The maximum atomic E-state index is 3.72. The van der Waals surface area contributed by atoms with Crippen LogP contribution >= 0.6 is 0 Å². The molecule has 0 nitrogen and oxygen atoms in total. The smallest absolute Gasteiger partial charge is 0.0114 e. The minimum absolute atomic E-state index is 1.23. The Morgan fingerprint density at radius 2 is 0.688 bits per heavy atom. The van der Waals surface area contributed by atoms with Crippen molar-refractivity contribution in [2.24, 2.45) is 0 Å². The number of rotatable bonds is 24. The van der Waals surface area contributed by atoms with E-state index < -0.39 is 0 Å². The Balaban J connectivity index is 1.94. The summed E-state index contributed by atoms with van der Waals surface area (Å²) < 4.78 is 0. The molecule has 1 aromatic rings. The summed E-state index contributed by atoms with van der Waals surface area (Å²) >= 11 is 0. The summed E-state index contributed by atoms with van der Waals surface area (Å²) in [5.74, 6) is 0. The van der Waals surface area contributed by atoms with Crippen molar-refractivity contribution in [3.63, 3.8) is 0 Å². The third kappa shape index (κ3) is 18.8. The maximum absolute atomic E-state index is 3.72. The van der Waals surface area contributed by atoms with E-state index in [1.165, 1.54) is 165 Å². The highest BCUT2D eigenvalue weighted by Gasteiger charge is 2.00. The summed E-state index contributed by atoms with van der Waals surface area (Å²) in [4.78, 5) is 0. The summed E-state index contributed by atoms with van der Waals surface area (Å²) in [5.41, 5.74) is 2.89. The van der Waals surface area contributed by atoms with Crippen LogP contribution in [0.1, 0.15) is 166 Å². The SMILES string of the molecule is CCCCCCCCCCCCCc1[c]c(CCCCCCCCCCCCC)ccc1. The standard InChI is InChI=1S/C32H57/c1-3-5-7-9-11-13-15-17-19-21-23-26-31-28-25-29-32(30-31)27-24-22-20-18-16-14-12-10-8-6-4-2/h25,28-29H,3-24,26-27H2,1-2H3. The molecule has 0 aliphatic rings. The lowest BCUT2D eigenvalue weighted by Crippen LogP contribution is -1.92. The second kappa shape index (κ2) is 23.4. The van der Waals surface area contributed by atoms with Gasteiger partial charge >= 0.3 is 0 Å². The molecule has 1 radical (unpaired) electrons. The topological polar surface area (TPSA) is 0 Å². The molecule has 1 aromatic carbocycles. The van der Waals surface area contributed by atoms with Gasteiger partial charge in [0.2, 0.25) is 0 Å². The lowest BCUT2D eigenvalue weighted by Gasteiger charge is -2.06. The molecule has 0 spiro atoms. The fraction of sp³-hybridized carbons (Fsp3) is 0.812. The van der Waals surface area contributed by atoms with E-state index >= 15 is 0 Å². The molecule has 0 unspecified atom stereocenters. The molecule has 0 saturated carbocycles. The molecule has 0 N–H and O–H groups in total. The van der Waals surface area contributed by atoms with Crippen molar-refractivity contribution in [1.29, 1.82) is 0 Å². The lowest BCUT2D eigenvalue weighted by atomic mass is 9.99. The van der Waals surface area contributed by atoms with Crippen LogP contribution in [0.25, 0.3) is 0 Å². The van der Waals surface area contributed by atoms with Gasteiger partial charge in [0.25, 0.3) is 0 Å². The first kappa shape index (κ1) is 29.3. The molecule has 0 heterocycles. The van der Waals surface area contributed by atoms with Crippen molar-refractivity contribution in [3.8, 4) is 0 Å². The Kier molecular flexibility index (Phi) is 21.4. The van der Waals surface area contributed by atoms with E-state index in [0.29, 0.717) is 0 Å². The minimum Gasteiger partial charge on any atom is -0.0654 e. The van der Waals surface area contributed by atoms with E-state index in [2.05, 4.69) is 38.1 Å². The number of hydrogen-bond acceptors (Lipinski definition) is 0. The second-order valence-electron chi connectivity index (χ2n) is 10.3. The van der Waals surface area contributed by atoms with Gasteiger partial charge in [0, 0.05) is 0 Å². The Morgan fingerprint density at radius 3 is 1.00 bits per heavy atom. The van der Waals surface area contributed by atoms with Gasteiger partial charge in [-0.25, -0.2) is 0 Å². The van der Waals surface area contributed by atoms with Crippen molar-refractivity contribution in [2.75, 3.05) is 0 Å². The molecule has 0 heteroatoms. The highest BCUT2D eigenvalue weighted by molar-refractivity contribution is 5.22. The van der Waals surface area contributed by atoms with Gasteiger partial charge in [0.1, 0.15) is 0 Å². The highest BCUT2D eigenvalue weighted by atomic mass is 14.1.